The van der Waals surface area contributed by atoms with Gasteiger partial charge in [-0.15, -0.1) is 12.4 Å². The molecule has 4 heteroatoms. The maximum Gasteiger partial charge on any atom is 0.167 e. The molecule has 0 N–H and O–H groups in total. The van der Waals surface area contributed by atoms with Gasteiger partial charge < -0.3 is 9.64 Å². The van der Waals surface area contributed by atoms with Crippen molar-refractivity contribution in [2.24, 2.45) is 5.92 Å². The number of carbonyl (C=O) groups excluding carboxylic acids is 1. The molecule has 0 radical (unpaired) electrons. The summed E-state index contributed by atoms with van der Waals surface area (Å²) in [6.45, 7) is 2.16. The zero-order chi connectivity index (χ0) is 12.7. The number of hydrogen-bond donors (Lipinski definition) is 0. The predicted octanol–water partition coefficient (Wildman–Crippen LogP) is 2.74. The van der Waals surface area contributed by atoms with E-state index in [2.05, 4.69) is 18.0 Å². The molecule has 0 amide bonds. The van der Waals surface area contributed by atoms with Crippen molar-refractivity contribution < 1.29 is 9.53 Å². The molecule has 19 heavy (non-hydrogen) atoms. The summed E-state index contributed by atoms with van der Waals surface area (Å²) in [4.78, 5) is 14.7. The van der Waals surface area contributed by atoms with Crippen LogP contribution in [0.4, 0.5) is 0 Å². The summed E-state index contributed by atoms with van der Waals surface area (Å²) < 4.78 is 5.36. The average Bonchev–Trinajstić information content (AvgIpc) is 2.39. The van der Waals surface area contributed by atoms with Crippen molar-refractivity contribution in [2.45, 2.75) is 18.8 Å². The van der Waals surface area contributed by atoms with Crippen LogP contribution in [0, 0.1) is 5.92 Å². The van der Waals surface area contributed by atoms with Crippen LogP contribution in [0.15, 0.2) is 18.2 Å². The van der Waals surface area contributed by atoms with Crippen LogP contribution >= 0.6 is 12.4 Å². The minimum atomic E-state index is 0. The van der Waals surface area contributed by atoms with E-state index < -0.39 is 0 Å². The number of likely N-dealkylation sites (tertiary alicyclic amines) is 1. The van der Waals surface area contributed by atoms with Crippen LogP contribution < -0.4 is 4.74 Å². The van der Waals surface area contributed by atoms with Crippen LogP contribution in [-0.4, -0.2) is 37.9 Å². The maximum atomic E-state index is 12.3. The summed E-state index contributed by atoms with van der Waals surface area (Å²) in [6, 6.07) is 6.00. The van der Waals surface area contributed by atoms with E-state index in [1.165, 1.54) is 5.56 Å². The lowest BCUT2D eigenvalue weighted by Gasteiger charge is -2.40. The molecule has 1 aliphatic carbocycles. The second kappa shape index (κ2) is 5.51. The van der Waals surface area contributed by atoms with Crippen LogP contribution in [0.3, 0.4) is 0 Å². The van der Waals surface area contributed by atoms with Crippen LogP contribution in [0.1, 0.15) is 34.7 Å². The van der Waals surface area contributed by atoms with Gasteiger partial charge in [0.1, 0.15) is 5.75 Å². The molecule has 2 aliphatic rings. The second-order valence-corrected chi connectivity index (χ2v) is 5.47. The first-order valence-electron chi connectivity index (χ1n) is 6.59. The Balaban J connectivity index is 0.00000133. The third kappa shape index (κ3) is 2.37. The number of carbonyl (C=O) groups is 1. The number of ether oxygens (including phenoxy) is 1. The molecule has 2 atom stereocenters. The van der Waals surface area contributed by atoms with Gasteiger partial charge >= 0.3 is 0 Å². The predicted molar refractivity (Wildman–Crippen MR) is 77.5 cm³/mol. The third-order valence-corrected chi connectivity index (χ3v) is 4.36. The van der Waals surface area contributed by atoms with E-state index in [9.17, 15) is 4.79 Å². The number of rotatable bonds is 1. The Hall–Kier alpha value is -1.06. The molecule has 104 valence electrons. The van der Waals surface area contributed by atoms with Crippen LogP contribution in [0.25, 0.3) is 0 Å². The number of piperidine rings is 1. The smallest absolute Gasteiger partial charge is 0.167 e. The summed E-state index contributed by atoms with van der Waals surface area (Å²) in [6.07, 6.45) is 1.81. The molecule has 1 aliphatic heterocycles. The summed E-state index contributed by atoms with van der Waals surface area (Å²) in [5.41, 5.74) is 2.03. The van der Waals surface area contributed by atoms with Gasteiger partial charge in [-0.05, 0) is 37.6 Å². The van der Waals surface area contributed by atoms with E-state index in [0.29, 0.717) is 18.3 Å². The topological polar surface area (TPSA) is 29.5 Å². The molecule has 1 aromatic rings. The van der Waals surface area contributed by atoms with Gasteiger partial charge in [-0.2, -0.15) is 0 Å². The largest absolute Gasteiger partial charge is 0.496 e. The molecule has 1 saturated heterocycles. The minimum absolute atomic E-state index is 0. The van der Waals surface area contributed by atoms with Gasteiger partial charge in [-0.1, -0.05) is 12.1 Å². The molecular weight excluding hydrogens is 262 g/mol. The molecule has 3 rings (SSSR count). The standard InChI is InChI=1S/C15H19NO2.ClH/c1-16-7-6-10-8-13(17)15-11(12(10)9-16)4-3-5-14(15)18-2;/h3-5,10,12H,6-9H2,1-2H3;1H/t10-,12+;/m0./s1. The fourth-order valence-electron chi connectivity index (χ4n) is 3.43. The summed E-state index contributed by atoms with van der Waals surface area (Å²) in [5, 5.41) is 0. The van der Waals surface area contributed by atoms with Crippen molar-refractivity contribution in [3.8, 4) is 5.75 Å². The summed E-state index contributed by atoms with van der Waals surface area (Å²) >= 11 is 0. The third-order valence-electron chi connectivity index (χ3n) is 4.36. The van der Waals surface area contributed by atoms with Gasteiger partial charge in [0.05, 0.1) is 12.7 Å². The average molecular weight is 282 g/mol. The Morgan fingerprint density at radius 1 is 1.37 bits per heavy atom. The number of likely N-dealkylation sites (N-methyl/N-ethyl adjacent to an activating group) is 1. The van der Waals surface area contributed by atoms with Crippen molar-refractivity contribution in [1.82, 2.24) is 4.90 Å². The molecule has 0 unspecified atom stereocenters. The number of hydrogen-bond acceptors (Lipinski definition) is 3. The minimum Gasteiger partial charge on any atom is -0.496 e. The lowest BCUT2D eigenvalue weighted by atomic mass is 9.71. The number of methoxy groups -OCH3 is 1. The Morgan fingerprint density at radius 3 is 2.89 bits per heavy atom. The van der Waals surface area contributed by atoms with Crippen molar-refractivity contribution in [3.63, 3.8) is 0 Å². The molecule has 0 saturated carbocycles. The van der Waals surface area contributed by atoms with E-state index in [0.717, 1.165) is 30.8 Å². The van der Waals surface area contributed by atoms with Gasteiger partial charge in [0.2, 0.25) is 0 Å². The quantitative estimate of drug-likeness (QED) is 0.793. The van der Waals surface area contributed by atoms with Gasteiger partial charge in [-0.25, -0.2) is 0 Å². The molecule has 0 aromatic heterocycles. The van der Waals surface area contributed by atoms with Crippen molar-refractivity contribution in [1.29, 1.82) is 0 Å². The van der Waals surface area contributed by atoms with E-state index in [1.54, 1.807) is 7.11 Å². The molecule has 1 aromatic carbocycles. The highest BCUT2D eigenvalue weighted by Gasteiger charge is 2.38. The highest BCUT2D eigenvalue weighted by molar-refractivity contribution is 6.01. The van der Waals surface area contributed by atoms with Gasteiger partial charge in [0.25, 0.3) is 0 Å². The number of fused-ring (bicyclic) bond motifs is 3. The highest BCUT2D eigenvalue weighted by Crippen LogP contribution is 2.43. The van der Waals surface area contributed by atoms with Crippen LogP contribution in [0.5, 0.6) is 5.75 Å². The first-order chi connectivity index (χ1) is 8.70. The van der Waals surface area contributed by atoms with Crippen molar-refractivity contribution in [3.05, 3.63) is 29.3 Å². The molecule has 0 bridgehead atoms. The number of ketones is 1. The Bertz CT molecular complexity index is 489. The SMILES string of the molecule is COc1cccc2c1C(=O)C[C@@H]1CCN(C)C[C@@H]21.Cl. The van der Waals surface area contributed by atoms with Gasteiger partial charge in [0, 0.05) is 18.9 Å². The number of nitrogens with zero attached hydrogens (tertiary/aromatic N) is 1. The number of Topliss-reactive ketones (excluding diaryl/α,β-unsaturated/α-hetero) is 1. The zero-order valence-electron chi connectivity index (χ0n) is 11.4. The Kier molecular flexibility index (Phi) is 4.16. The van der Waals surface area contributed by atoms with Crippen molar-refractivity contribution >= 4 is 18.2 Å². The van der Waals surface area contributed by atoms with E-state index >= 15 is 0 Å². The van der Waals surface area contributed by atoms with E-state index in [1.807, 2.05) is 12.1 Å². The molecule has 0 spiro atoms. The molecule has 1 fully saturated rings. The Labute approximate surface area is 120 Å². The van der Waals surface area contributed by atoms with E-state index in [4.69, 9.17) is 4.74 Å². The monoisotopic (exact) mass is 281 g/mol. The van der Waals surface area contributed by atoms with E-state index in [-0.39, 0.29) is 18.2 Å². The summed E-state index contributed by atoms with van der Waals surface area (Å²) in [7, 11) is 3.80. The number of halogens is 1. The fraction of sp³-hybridized carbons (Fsp3) is 0.533. The van der Waals surface area contributed by atoms with Gasteiger partial charge in [0.15, 0.2) is 5.78 Å². The molecule has 1 heterocycles. The lowest BCUT2D eigenvalue weighted by Crippen LogP contribution is -2.40. The second-order valence-electron chi connectivity index (χ2n) is 5.47. The van der Waals surface area contributed by atoms with Crippen molar-refractivity contribution in [2.75, 3.05) is 27.2 Å². The molecular formula is C15H20ClNO2. The molecule has 3 nitrogen and oxygen atoms in total. The van der Waals surface area contributed by atoms with Crippen LogP contribution in [-0.2, 0) is 0 Å². The lowest BCUT2D eigenvalue weighted by molar-refractivity contribution is 0.0883. The number of benzene rings is 1. The first kappa shape index (κ1) is 14.4. The maximum absolute atomic E-state index is 12.3. The Morgan fingerprint density at radius 2 is 2.16 bits per heavy atom. The fourth-order valence-corrected chi connectivity index (χ4v) is 3.43. The summed E-state index contributed by atoms with van der Waals surface area (Å²) in [5.74, 6) is 2.01. The highest BCUT2D eigenvalue weighted by atomic mass is 35.5. The first-order valence-corrected chi connectivity index (χ1v) is 6.59. The van der Waals surface area contributed by atoms with Crippen LogP contribution in [0.2, 0.25) is 0 Å². The normalized spacial score (nSPS) is 26.1. The zero-order valence-corrected chi connectivity index (χ0v) is 12.2. The van der Waals surface area contributed by atoms with Gasteiger partial charge in [-0.3, -0.25) is 4.79 Å².